The maximum atomic E-state index is 10.2. The maximum absolute atomic E-state index is 10.2. The molecule has 0 atom stereocenters. The Hall–Kier alpha value is 1.33. The largest absolute Gasteiger partial charge is 0.478 e. The Labute approximate surface area is 130 Å². The fourth-order valence-corrected chi connectivity index (χ4v) is 0.581. The Morgan fingerprint density at radius 2 is 1.64 bits per heavy atom. The summed E-state index contributed by atoms with van der Waals surface area (Å²) in [5, 5.41) is 8.38. The van der Waals surface area contributed by atoms with Gasteiger partial charge in [-0.3, -0.25) is 0 Å². The van der Waals surface area contributed by atoms with E-state index in [9.17, 15) is 4.79 Å². The minimum atomic E-state index is -0.879. The zero-order valence-electron chi connectivity index (χ0n) is 6.74. The SMILES string of the molecule is O=C(O)c1ccccc1.[K].[Na]. The Balaban J connectivity index is 0. The van der Waals surface area contributed by atoms with Crippen LogP contribution in [-0.2, 0) is 0 Å². The molecule has 0 aliphatic carbocycles. The van der Waals surface area contributed by atoms with E-state index in [0.29, 0.717) is 5.56 Å². The van der Waals surface area contributed by atoms with Gasteiger partial charge in [0, 0.05) is 80.9 Å². The monoisotopic (exact) mass is 184 g/mol. The van der Waals surface area contributed by atoms with Crippen LogP contribution in [0, 0.1) is 0 Å². The van der Waals surface area contributed by atoms with Crippen molar-refractivity contribution in [3.63, 3.8) is 0 Å². The molecule has 2 nitrogen and oxygen atoms in total. The third-order valence-electron chi connectivity index (χ3n) is 1.02. The van der Waals surface area contributed by atoms with Crippen molar-refractivity contribution < 1.29 is 9.90 Å². The van der Waals surface area contributed by atoms with Crippen LogP contribution >= 0.6 is 0 Å². The number of carbonyl (C=O) groups is 1. The molecule has 11 heavy (non-hydrogen) atoms. The third-order valence-corrected chi connectivity index (χ3v) is 1.02. The molecule has 2 radical (unpaired) electrons. The van der Waals surface area contributed by atoms with Crippen molar-refractivity contribution in [2.45, 2.75) is 0 Å². The van der Waals surface area contributed by atoms with Crippen LogP contribution in [0.4, 0.5) is 0 Å². The van der Waals surface area contributed by atoms with E-state index in [4.69, 9.17) is 5.11 Å². The van der Waals surface area contributed by atoms with E-state index in [2.05, 4.69) is 0 Å². The van der Waals surface area contributed by atoms with Crippen molar-refractivity contribution in [1.29, 1.82) is 0 Å². The molecule has 0 aliphatic heterocycles. The van der Waals surface area contributed by atoms with Gasteiger partial charge in [0.05, 0.1) is 5.56 Å². The first-order valence-electron chi connectivity index (χ1n) is 2.59. The minimum absolute atomic E-state index is 0. The topological polar surface area (TPSA) is 37.3 Å². The average Bonchev–Trinajstić information content (AvgIpc) is 1.90. The number of carboxylic acids is 1. The number of carboxylic acid groups (broad SMARTS) is 1. The van der Waals surface area contributed by atoms with Gasteiger partial charge in [0.15, 0.2) is 0 Å². The van der Waals surface area contributed by atoms with Gasteiger partial charge in [-0.05, 0) is 12.1 Å². The quantitative estimate of drug-likeness (QED) is 0.650. The molecule has 0 heterocycles. The fourth-order valence-electron chi connectivity index (χ4n) is 0.581. The molecule has 0 saturated heterocycles. The van der Waals surface area contributed by atoms with E-state index in [1.807, 2.05) is 0 Å². The molecule has 0 aliphatic rings. The first kappa shape index (κ1) is 14.8. The Bertz CT molecular complexity index is 213. The molecule has 1 rings (SSSR count). The van der Waals surface area contributed by atoms with Gasteiger partial charge >= 0.3 is 5.97 Å². The Morgan fingerprint density at radius 1 is 1.18 bits per heavy atom. The van der Waals surface area contributed by atoms with Gasteiger partial charge in [-0.1, -0.05) is 18.2 Å². The molecular weight excluding hydrogens is 178 g/mol. The molecule has 0 saturated carbocycles. The normalized spacial score (nSPS) is 7.27. The zero-order valence-corrected chi connectivity index (χ0v) is 11.9. The molecule has 0 aromatic heterocycles. The van der Waals surface area contributed by atoms with Crippen molar-refractivity contribution in [3.05, 3.63) is 35.9 Å². The maximum Gasteiger partial charge on any atom is 0.335 e. The molecular formula is C7H6KNaO2. The first-order chi connectivity index (χ1) is 4.30. The second-order valence-corrected chi connectivity index (χ2v) is 1.67. The summed E-state index contributed by atoms with van der Waals surface area (Å²) in [4.78, 5) is 10.2. The molecule has 48 valence electrons. The number of rotatable bonds is 1. The van der Waals surface area contributed by atoms with Crippen molar-refractivity contribution in [1.82, 2.24) is 0 Å². The van der Waals surface area contributed by atoms with E-state index in [0.717, 1.165) is 0 Å². The van der Waals surface area contributed by atoms with Crippen molar-refractivity contribution in [2.75, 3.05) is 0 Å². The summed E-state index contributed by atoms with van der Waals surface area (Å²) < 4.78 is 0. The van der Waals surface area contributed by atoms with E-state index < -0.39 is 5.97 Å². The summed E-state index contributed by atoms with van der Waals surface area (Å²) in [6.45, 7) is 0. The molecule has 0 spiro atoms. The van der Waals surface area contributed by atoms with Gasteiger partial charge in [-0.15, -0.1) is 0 Å². The van der Waals surface area contributed by atoms with Crippen LogP contribution in [0.25, 0.3) is 0 Å². The Kier molecular flexibility index (Phi) is 10.7. The molecule has 1 aromatic rings. The van der Waals surface area contributed by atoms with Crippen LogP contribution in [0.5, 0.6) is 0 Å². The van der Waals surface area contributed by atoms with Gasteiger partial charge in [-0.25, -0.2) is 4.79 Å². The van der Waals surface area contributed by atoms with Crippen LogP contribution < -0.4 is 0 Å². The summed E-state index contributed by atoms with van der Waals surface area (Å²) in [5.41, 5.74) is 0.331. The number of hydrogen-bond acceptors (Lipinski definition) is 1. The predicted octanol–water partition coefficient (Wildman–Crippen LogP) is 0.623. The van der Waals surface area contributed by atoms with E-state index in [1.54, 1.807) is 30.3 Å². The van der Waals surface area contributed by atoms with Crippen LogP contribution in [0.1, 0.15) is 10.4 Å². The van der Waals surface area contributed by atoms with Gasteiger partial charge < -0.3 is 5.11 Å². The molecule has 0 amide bonds. The predicted molar refractivity (Wildman–Crippen MR) is 44.9 cm³/mol. The van der Waals surface area contributed by atoms with Gasteiger partial charge in [0.2, 0.25) is 0 Å². The van der Waals surface area contributed by atoms with Crippen LogP contribution in [0.15, 0.2) is 30.3 Å². The molecule has 4 heteroatoms. The average molecular weight is 184 g/mol. The number of benzene rings is 1. The van der Waals surface area contributed by atoms with Crippen LogP contribution in [0.2, 0.25) is 0 Å². The number of hydrogen-bond donors (Lipinski definition) is 1. The second kappa shape index (κ2) is 7.95. The minimum Gasteiger partial charge on any atom is -0.478 e. The first-order valence-corrected chi connectivity index (χ1v) is 2.59. The third kappa shape index (κ3) is 5.55. The summed E-state index contributed by atoms with van der Waals surface area (Å²) in [7, 11) is 0. The van der Waals surface area contributed by atoms with Gasteiger partial charge in [0.1, 0.15) is 0 Å². The van der Waals surface area contributed by atoms with Crippen molar-refractivity contribution >= 4 is 86.9 Å². The number of aromatic carboxylic acids is 1. The molecule has 1 N–H and O–H groups in total. The molecule has 0 unspecified atom stereocenters. The van der Waals surface area contributed by atoms with Crippen molar-refractivity contribution in [3.8, 4) is 0 Å². The standard InChI is InChI=1S/C7H6O2.K.Na/c8-7(9)6-4-2-1-3-5-6;;/h1-5H,(H,8,9);;. The van der Waals surface area contributed by atoms with Gasteiger partial charge in [0.25, 0.3) is 0 Å². The van der Waals surface area contributed by atoms with E-state index in [1.165, 1.54) is 0 Å². The molecule has 0 fully saturated rings. The van der Waals surface area contributed by atoms with Crippen LogP contribution in [0.3, 0.4) is 0 Å². The smallest absolute Gasteiger partial charge is 0.335 e. The van der Waals surface area contributed by atoms with Crippen LogP contribution in [-0.4, -0.2) is 92.0 Å². The van der Waals surface area contributed by atoms with Gasteiger partial charge in [-0.2, -0.15) is 0 Å². The second-order valence-electron chi connectivity index (χ2n) is 1.67. The Morgan fingerprint density at radius 3 is 1.91 bits per heavy atom. The fraction of sp³-hybridized carbons (Fsp3) is 0. The van der Waals surface area contributed by atoms with E-state index in [-0.39, 0.29) is 80.9 Å². The van der Waals surface area contributed by atoms with E-state index >= 15 is 0 Å². The summed E-state index contributed by atoms with van der Waals surface area (Å²) in [6.07, 6.45) is 0. The summed E-state index contributed by atoms with van der Waals surface area (Å²) in [5.74, 6) is -0.879. The summed E-state index contributed by atoms with van der Waals surface area (Å²) >= 11 is 0. The summed E-state index contributed by atoms with van der Waals surface area (Å²) in [6, 6.07) is 8.30. The molecule has 0 bridgehead atoms. The van der Waals surface area contributed by atoms with Crippen molar-refractivity contribution in [2.24, 2.45) is 0 Å². The zero-order chi connectivity index (χ0) is 6.69. The molecule has 1 aromatic carbocycles.